The van der Waals surface area contributed by atoms with Crippen LogP contribution in [0, 0.1) is 0 Å². The van der Waals surface area contributed by atoms with Gasteiger partial charge < -0.3 is 0 Å². The Morgan fingerprint density at radius 2 is 0.946 bits per heavy atom. The van der Waals surface area contributed by atoms with Crippen LogP contribution < -0.4 is 0 Å². The lowest BCUT2D eigenvalue weighted by atomic mass is 9.84. The Morgan fingerprint density at radius 1 is 0.568 bits per heavy atom. The molecule has 0 aromatic heterocycles. The van der Waals surface area contributed by atoms with Crippen molar-refractivity contribution < 1.29 is 0 Å². The predicted octanol–water partition coefficient (Wildman–Crippen LogP) is 12.9. The van der Waals surface area contributed by atoms with Gasteiger partial charge in [-0.2, -0.15) is 0 Å². The zero-order valence-electron chi connectivity index (χ0n) is 25.1. The summed E-state index contributed by atoms with van der Waals surface area (Å²) in [5.41, 5.74) is 6.36. The molecule has 0 aliphatic rings. The van der Waals surface area contributed by atoms with Gasteiger partial charge in [0.05, 0.1) is 0 Å². The Morgan fingerprint density at radius 3 is 1.32 bits per heavy atom. The highest BCUT2D eigenvalue weighted by atomic mass is 14.2. The second-order valence-corrected chi connectivity index (χ2v) is 5.89. The molecule has 0 atom stereocenters. The molecule has 0 saturated heterocycles. The van der Waals surface area contributed by atoms with E-state index < -0.39 is 0 Å². The van der Waals surface area contributed by atoms with Gasteiger partial charge in [-0.3, -0.25) is 0 Å². The molecule has 0 aliphatic carbocycles. The summed E-state index contributed by atoms with van der Waals surface area (Å²) >= 11 is 0. The van der Waals surface area contributed by atoms with Gasteiger partial charge in [-0.05, 0) is 47.3 Å². The Kier molecular flexibility index (Phi) is 41.1. The van der Waals surface area contributed by atoms with E-state index in [-0.39, 0.29) is 7.43 Å². The summed E-state index contributed by atoms with van der Waals surface area (Å²) in [6.45, 7) is 35.8. The lowest BCUT2D eigenvalue weighted by Gasteiger charge is -2.20. The average Bonchev–Trinajstić information content (AvgIpc) is 2.95. The van der Waals surface area contributed by atoms with E-state index in [0.717, 1.165) is 33.4 Å². The number of rotatable bonds is 10. The third-order valence-corrected chi connectivity index (χ3v) is 3.98. The molecule has 0 nitrogen and oxygen atoms in total. The van der Waals surface area contributed by atoms with Gasteiger partial charge in [0.15, 0.2) is 0 Å². The fourth-order valence-electron chi connectivity index (χ4n) is 2.95. The van der Waals surface area contributed by atoms with Crippen LogP contribution in [0.1, 0.15) is 82.2 Å². The quantitative estimate of drug-likeness (QED) is 0.279. The van der Waals surface area contributed by atoms with Crippen molar-refractivity contribution in [3.8, 4) is 0 Å². The molecular weight excluding hydrogens is 444 g/mol. The van der Waals surface area contributed by atoms with E-state index in [2.05, 4.69) is 50.6 Å². The molecule has 0 bridgehead atoms. The van der Waals surface area contributed by atoms with Gasteiger partial charge in [-0.1, -0.05) is 186 Å². The third-order valence-electron chi connectivity index (χ3n) is 3.98. The minimum absolute atomic E-state index is 0. The SMILES string of the molecule is C.C=C/C=C(C=C)/C(C(/C=C\C)=C/C=C)=C(C(\C=C/C)=C\C=C)/c1ccccc1.CC.CC.CC.CC. The maximum Gasteiger partial charge on any atom is -0.00269 e. The fraction of sp³-hybridized carbons (Fsp3) is 0.297. The van der Waals surface area contributed by atoms with Crippen LogP contribution in [0.15, 0.2) is 146 Å². The van der Waals surface area contributed by atoms with Crippen LogP contribution in [0.25, 0.3) is 5.57 Å². The highest BCUT2D eigenvalue weighted by molar-refractivity contribution is 5.90. The van der Waals surface area contributed by atoms with Crippen molar-refractivity contribution in [1.82, 2.24) is 0 Å². The molecule has 0 radical (unpaired) electrons. The van der Waals surface area contributed by atoms with E-state index in [1.165, 1.54) is 0 Å². The lowest BCUT2D eigenvalue weighted by molar-refractivity contribution is 1.42. The first kappa shape index (κ1) is 43.7. The molecule has 0 fully saturated rings. The summed E-state index contributed by atoms with van der Waals surface area (Å²) in [5, 5.41) is 0. The van der Waals surface area contributed by atoms with Crippen LogP contribution in [-0.2, 0) is 0 Å². The standard InChI is InChI=1S/C28H30.4C2H6.CH4/c1-7-16-23(12-6)27(24(17-8-2)18-9-3)28(25(19-10-4)20-11-5)26-21-14-13-15-22-26;4*1-2;/h7-22H,1-2,4,6H2,3,5H3;4*1-2H3;1H4/b18-9-,20-11-,23-16+,24-17+,25-19+,28-27-;;;;;. The van der Waals surface area contributed by atoms with Gasteiger partial charge in [-0.15, -0.1) is 0 Å². The first-order chi connectivity index (χ1) is 17.7. The van der Waals surface area contributed by atoms with Crippen molar-refractivity contribution >= 4 is 5.57 Å². The number of allylic oxidation sites excluding steroid dienone is 16. The molecule has 0 N–H and O–H groups in total. The largest absolute Gasteiger partial charge is 0.0990 e. The van der Waals surface area contributed by atoms with Gasteiger partial charge in [0, 0.05) is 0 Å². The molecular formula is C37H58. The van der Waals surface area contributed by atoms with E-state index in [4.69, 9.17) is 0 Å². The van der Waals surface area contributed by atoms with Crippen molar-refractivity contribution in [3.05, 3.63) is 151 Å². The van der Waals surface area contributed by atoms with Crippen LogP contribution in [0.5, 0.6) is 0 Å². The highest BCUT2D eigenvalue weighted by Crippen LogP contribution is 2.36. The van der Waals surface area contributed by atoms with Crippen LogP contribution in [0.4, 0.5) is 0 Å². The molecule has 0 unspecified atom stereocenters. The Bertz CT molecular complexity index is 875. The van der Waals surface area contributed by atoms with Crippen LogP contribution in [0.3, 0.4) is 0 Å². The molecule has 0 aliphatic heterocycles. The van der Waals surface area contributed by atoms with Gasteiger partial charge >= 0.3 is 0 Å². The van der Waals surface area contributed by atoms with Gasteiger partial charge in [0.25, 0.3) is 0 Å². The maximum absolute atomic E-state index is 4.05. The van der Waals surface area contributed by atoms with E-state index >= 15 is 0 Å². The molecule has 0 heterocycles. The minimum atomic E-state index is 0. The molecule has 206 valence electrons. The summed E-state index contributed by atoms with van der Waals surface area (Å²) in [5.74, 6) is 0. The van der Waals surface area contributed by atoms with Gasteiger partial charge in [-0.25, -0.2) is 0 Å². The van der Waals surface area contributed by atoms with Crippen LogP contribution in [-0.4, -0.2) is 0 Å². The lowest BCUT2D eigenvalue weighted by Crippen LogP contribution is -2.00. The summed E-state index contributed by atoms with van der Waals surface area (Å²) in [4.78, 5) is 0. The molecule has 0 saturated carbocycles. The molecule has 0 spiro atoms. The van der Waals surface area contributed by atoms with Crippen LogP contribution >= 0.6 is 0 Å². The molecule has 37 heavy (non-hydrogen) atoms. The first-order valence-corrected chi connectivity index (χ1v) is 13.3. The Labute approximate surface area is 233 Å². The van der Waals surface area contributed by atoms with Crippen molar-refractivity contribution in [2.45, 2.75) is 76.7 Å². The summed E-state index contributed by atoms with van der Waals surface area (Å²) in [6, 6.07) is 10.3. The van der Waals surface area contributed by atoms with E-state index in [1.54, 1.807) is 12.2 Å². The Hall–Kier alpha value is -3.38. The zero-order valence-corrected chi connectivity index (χ0v) is 25.1. The average molecular weight is 503 g/mol. The Balaban J connectivity index is -0.000000344. The topological polar surface area (TPSA) is 0 Å². The van der Waals surface area contributed by atoms with E-state index in [0.29, 0.717) is 0 Å². The third kappa shape index (κ3) is 17.7. The summed E-state index contributed by atoms with van der Waals surface area (Å²) in [7, 11) is 0. The normalized spacial score (nSPS) is 11.4. The maximum atomic E-state index is 4.05. The second kappa shape index (κ2) is 34.8. The monoisotopic (exact) mass is 502 g/mol. The predicted molar refractivity (Wildman–Crippen MR) is 180 cm³/mol. The zero-order chi connectivity index (χ0) is 28.8. The number of benzene rings is 1. The smallest absolute Gasteiger partial charge is 0.00269 e. The fourth-order valence-corrected chi connectivity index (χ4v) is 2.95. The van der Waals surface area contributed by atoms with Crippen molar-refractivity contribution in [2.75, 3.05) is 0 Å². The molecule has 0 amide bonds. The second-order valence-electron chi connectivity index (χ2n) is 5.89. The van der Waals surface area contributed by atoms with Crippen LogP contribution in [0.2, 0.25) is 0 Å². The van der Waals surface area contributed by atoms with Gasteiger partial charge in [0.2, 0.25) is 0 Å². The summed E-state index contributed by atoms with van der Waals surface area (Å²) in [6.07, 6.45) is 21.5. The molecule has 1 aromatic carbocycles. The number of hydrogen-bond acceptors (Lipinski definition) is 0. The highest BCUT2D eigenvalue weighted by Gasteiger charge is 2.17. The van der Waals surface area contributed by atoms with Gasteiger partial charge in [0.1, 0.15) is 0 Å². The molecule has 1 aromatic rings. The van der Waals surface area contributed by atoms with E-state index in [1.807, 2.05) is 130 Å². The first-order valence-electron chi connectivity index (χ1n) is 13.3. The van der Waals surface area contributed by atoms with Crippen molar-refractivity contribution in [1.29, 1.82) is 0 Å². The number of hydrogen-bond donors (Lipinski definition) is 0. The van der Waals surface area contributed by atoms with Crippen molar-refractivity contribution in [2.24, 2.45) is 0 Å². The molecule has 1 rings (SSSR count). The van der Waals surface area contributed by atoms with E-state index in [9.17, 15) is 0 Å². The minimum Gasteiger partial charge on any atom is -0.0990 e. The van der Waals surface area contributed by atoms with Crippen molar-refractivity contribution in [3.63, 3.8) is 0 Å². The molecule has 0 heteroatoms. The summed E-state index contributed by atoms with van der Waals surface area (Å²) < 4.78 is 0.